The SMILES string of the molecule is NC(=NCc1ccccc1Br)NC1CCCCC1. The van der Waals surface area contributed by atoms with Crippen LogP contribution in [0.5, 0.6) is 0 Å². The Hall–Kier alpha value is -1.03. The first-order valence-electron chi connectivity index (χ1n) is 6.55. The maximum Gasteiger partial charge on any atom is 0.189 e. The van der Waals surface area contributed by atoms with Crippen LogP contribution in [-0.2, 0) is 6.54 Å². The van der Waals surface area contributed by atoms with Crippen molar-refractivity contribution in [1.29, 1.82) is 0 Å². The van der Waals surface area contributed by atoms with Crippen LogP contribution in [0.15, 0.2) is 33.7 Å². The molecule has 18 heavy (non-hydrogen) atoms. The fourth-order valence-corrected chi connectivity index (χ4v) is 2.71. The molecule has 0 aliphatic heterocycles. The minimum Gasteiger partial charge on any atom is -0.370 e. The standard InChI is InChI=1S/C14H20BrN3/c15-13-9-5-4-6-11(13)10-17-14(16)18-12-7-2-1-3-8-12/h4-6,9,12H,1-3,7-8,10H2,(H3,16,17,18). The van der Waals surface area contributed by atoms with E-state index in [4.69, 9.17) is 5.73 Å². The molecular formula is C14H20BrN3. The largest absolute Gasteiger partial charge is 0.370 e. The lowest BCUT2D eigenvalue weighted by molar-refractivity contribution is 0.412. The van der Waals surface area contributed by atoms with Gasteiger partial charge in [-0.25, -0.2) is 4.99 Å². The van der Waals surface area contributed by atoms with E-state index in [9.17, 15) is 0 Å². The van der Waals surface area contributed by atoms with Gasteiger partial charge in [-0.3, -0.25) is 0 Å². The molecule has 0 spiro atoms. The number of rotatable bonds is 3. The Balaban J connectivity index is 1.86. The number of hydrogen-bond acceptors (Lipinski definition) is 1. The fraction of sp³-hybridized carbons (Fsp3) is 0.500. The molecule has 3 N–H and O–H groups in total. The van der Waals surface area contributed by atoms with E-state index in [0.29, 0.717) is 18.5 Å². The Kier molecular flexibility index (Phi) is 5.05. The highest BCUT2D eigenvalue weighted by Gasteiger charge is 2.13. The Morgan fingerprint density at radius 3 is 2.72 bits per heavy atom. The number of halogens is 1. The van der Waals surface area contributed by atoms with Gasteiger partial charge in [0.05, 0.1) is 6.54 Å². The molecule has 1 aliphatic carbocycles. The smallest absolute Gasteiger partial charge is 0.189 e. The molecule has 1 aromatic rings. The van der Waals surface area contributed by atoms with Gasteiger partial charge in [0.1, 0.15) is 0 Å². The summed E-state index contributed by atoms with van der Waals surface area (Å²) in [5.74, 6) is 0.567. The second kappa shape index (κ2) is 6.78. The average Bonchev–Trinajstić information content (AvgIpc) is 2.39. The summed E-state index contributed by atoms with van der Waals surface area (Å²) in [7, 11) is 0. The monoisotopic (exact) mass is 309 g/mol. The van der Waals surface area contributed by atoms with Crippen molar-refractivity contribution in [2.45, 2.75) is 44.7 Å². The van der Waals surface area contributed by atoms with E-state index < -0.39 is 0 Å². The summed E-state index contributed by atoms with van der Waals surface area (Å²) < 4.78 is 1.08. The van der Waals surface area contributed by atoms with E-state index >= 15 is 0 Å². The maximum atomic E-state index is 5.93. The molecule has 1 aromatic carbocycles. The molecule has 1 saturated carbocycles. The van der Waals surface area contributed by atoms with Crippen LogP contribution in [0.3, 0.4) is 0 Å². The molecule has 4 heteroatoms. The highest BCUT2D eigenvalue weighted by atomic mass is 79.9. The van der Waals surface area contributed by atoms with Crippen LogP contribution in [0.4, 0.5) is 0 Å². The minimum atomic E-state index is 0.515. The van der Waals surface area contributed by atoms with E-state index in [1.165, 1.54) is 32.1 Å². The number of nitrogens with two attached hydrogens (primary N) is 1. The van der Waals surface area contributed by atoms with Gasteiger partial charge >= 0.3 is 0 Å². The van der Waals surface area contributed by atoms with E-state index in [-0.39, 0.29) is 0 Å². The highest BCUT2D eigenvalue weighted by Crippen LogP contribution is 2.18. The van der Waals surface area contributed by atoms with Crippen LogP contribution in [0, 0.1) is 0 Å². The Morgan fingerprint density at radius 2 is 2.00 bits per heavy atom. The van der Waals surface area contributed by atoms with Crippen LogP contribution in [0.2, 0.25) is 0 Å². The van der Waals surface area contributed by atoms with Gasteiger partial charge < -0.3 is 11.1 Å². The Bertz CT molecular complexity index is 411. The van der Waals surface area contributed by atoms with Crippen LogP contribution in [0.25, 0.3) is 0 Å². The molecule has 0 heterocycles. The van der Waals surface area contributed by atoms with Crippen LogP contribution >= 0.6 is 15.9 Å². The Labute approximate surface area is 117 Å². The summed E-state index contributed by atoms with van der Waals surface area (Å²) in [5, 5.41) is 3.32. The lowest BCUT2D eigenvalue weighted by Crippen LogP contribution is -2.41. The number of aliphatic imine (C=N–C) groups is 1. The predicted octanol–water partition coefficient (Wildman–Crippen LogP) is 3.19. The number of benzene rings is 1. The quantitative estimate of drug-likeness (QED) is 0.665. The van der Waals surface area contributed by atoms with Gasteiger partial charge in [0.2, 0.25) is 0 Å². The molecule has 0 unspecified atom stereocenters. The first-order valence-corrected chi connectivity index (χ1v) is 7.35. The van der Waals surface area contributed by atoms with Crippen molar-refractivity contribution in [3.63, 3.8) is 0 Å². The molecule has 0 bridgehead atoms. The third kappa shape index (κ3) is 4.02. The minimum absolute atomic E-state index is 0.515. The third-order valence-corrected chi connectivity index (χ3v) is 4.11. The molecular weight excluding hydrogens is 290 g/mol. The fourth-order valence-electron chi connectivity index (χ4n) is 2.30. The van der Waals surface area contributed by atoms with Gasteiger partial charge in [-0.2, -0.15) is 0 Å². The second-order valence-electron chi connectivity index (χ2n) is 4.77. The molecule has 1 aliphatic rings. The van der Waals surface area contributed by atoms with Crippen molar-refractivity contribution >= 4 is 21.9 Å². The maximum absolute atomic E-state index is 5.93. The topological polar surface area (TPSA) is 50.4 Å². The number of guanidine groups is 1. The molecule has 0 aromatic heterocycles. The normalized spacial score (nSPS) is 17.7. The summed E-state index contributed by atoms with van der Waals surface area (Å²) in [6.45, 7) is 0.618. The molecule has 0 atom stereocenters. The van der Waals surface area contributed by atoms with Crippen LogP contribution in [0.1, 0.15) is 37.7 Å². The Morgan fingerprint density at radius 1 is 1.28 bits per heavy atom. The summed E-state index contributed by atoms with van der Waals surface area (Å²) in [6.07, 6.45) is 6.38. The zero-order chi connectivity index (χ0) is 12.8. The van der Waals surface area contributed by atoms with Crippen molar-refractivity contribution in [2.24, 2.45) is 10.7 Å². The highest BCUT2D eigenvalue weighted by molar-refractivity contribution is 9.10. The molecule has 3 nitrogen and oxygen atoms in total. The van der Waals surface area contributed by atoms with Crippen LogP contribution in [-0.4, -0.2) is 12.0 Å². The molecule has 2 rings (SSSR count). The third-order valence-electron chi connectivity index (χ3n) is 3.33. The van der Waals surface area contributed by atoms with Gasteiger partial charge in [-0.05, 0) is 24.5 Å². The van der Waals surface area contributed by atoms with Crippen molar-refractivity contribution in [3.05, 3.63) is 34.3 Å². The van der Waals surface area contributed by atoms with Crippen molar-refractivity contribution in [1.82, 2.24) is 5.32 Å². The molecule has 1 fully saturated rings. The van der Waals surface area contributed by atoms with Crippen molar-refractivity contribution in [2.75, 3.05) is 0 Å². The molecule has 0 radical (unpaired) electrons. The van der Waals surface area contributed by atoms with Gasteiger partial charge in [-0.15, -0.1) is 0 Å². The molecule has 0 amide bonds. The van der Waals surface area contributed by atoms with E-state index in [1.54, 1.807) is 0 Å². The lowest BCUT2D eigenvalue weighted by atomic mass is 9.96. The summed E-state index contributed by atoms with van der Waals surface area (Å²) in [6, 6.07) is 8.61. The van der Waals surface area contributed by atoms with Gasteiger partial charge in [-0.1, -0.05) is 53.4 Å². The predicted molar refractivity (Wildman–Crippen MR) is 79.5 cm³/mol. The van der Waals surface area contributed by atoms with Gasteiger partial charge in [0.25, 0.3) is 0 Å². The van der Waals surface area contributed by atoms with E-state index in [1.807, 2.05) is 18.2 Å². The van der Waals surface area contributed by atoms with Crippen molar-refractivity contribution in [3.8, 4) is 0 Å². The van der Waals surface area contributed by atoms with E-state index in [2.05, 4.69) is 32.3 Å². The van der Waals surface area contributed by atoms with E-state index in [0.717, 1.165) is 10.0 Å². The first kappa shape index (κ1) is 13.4. The number of nitrogens with zero attached hydrogens (tertiary/aromatic N) is 1. The summed E-state index contributed by atoms with van der Waals surface area (Å²) in [5.41, 5.74) is 7.08. The van der Waals surface area contributed by atoms with Gasteiger partial charge in [0.15, 0.2) is 5.96 Å². The lowest BCUT2D eigenvalue weighted by Gasteiger charge is -2.23. The van der Waals surface area contributed by atoms with Crippen molar-refractivity contribution < 1.29 is 0 Å². The van der Waals surface area contributed by atoms with Gasteiger partial charge in [0, 0.05) is 10.5 Å². The number of nitrogens with one attached hydrogen (secondary N) is 1. The van der Waals surface area contributed by atoms with Crippen LogP contribution < -0.4 is 11.1 Å². The number of hydrogen-bond donors (Lipinski definition) is 2. The first-order chi connectivity index (χ1) is 8.75. The zero-order valence-electron chi connectivity index (χ0n) is 10.5. The molecule has 98 valence electrons. The second-order valence-corrected chi connectivity index (χ2v) is 5.63. The average molecular weight is 310 g/mol. The zero-order valence-corrected chi connectivity index (χ0v) is 12.1. The molecule has 0 saturated heterocycles. The summed E-state index contributed by atoms with van der Waals surface area (Å²) in [4.78, 5) is 4.40. The summed E-state index contributed by atoms with van der Waals surface area (Å²) >= 11 is 3.51.